The van der Waals surface area contributed by atoms with Crippen LogP contribution in [0.4, 0.5) is 0 Å². The first-order valence-electron chi connectivity index (χ1n) is 8.15. The topological polar surface area (TPSA) is 46.8 Å². The summed E-state index contributed by atoms with van der Waals surface area (Å²) in [4.78, 5) is 15.9. The van der Waals surface area contributed by atoms with Crippen molar-refractivity contribution in [3.63, 3.8) is 0 Å². The molecule has 0 aromatic carbocycles. The van der Waals surface area contributed by atoms with E-state index < -0.39 is 0 Å². The van der Waals surface area contributed by atoms with E-state index in [2.05, 4.69) is 28.7 Å². The zero-order chi connectivity index (χ0) is 15.5. The lowest BCUT2D eigenvalue weighted by Crippen LogP contribution is -2.40. The van der Waals surface area contributed by atoms with Gasteiger partial charge in [0.2, 0.25) is 0 Å². The molecule has 1 atom stereocenters. The van der Waals surface area contributed by atoms with E-state index in [0.717, 1.165) is 23.5 Å². The molecule has 2 aromatic heterocycles. The average molecular weight is 299 g/mol. The van der Waals surface area contributed by atoms with Crippen LogP contribution < -0.4 is 0 Å². The molecule has 0 radical (unpaired) electrons. The largest absolute Gasteiger partial charge is 0.332 e. The van der Waals surface area contributed by atoms with E-state index in [1.165, 1.54) is 25.9 Å². The molecule has 0 spiro atoms. The molecule has 2 aromatic rings. The van der Waals surface area contributed by atoms with Gasteiger partial charge in [0.15, 0.2) is 0 Å². The minimum absolute atomic E-state index is 0.634. The van der Waals surface area contributed by atoms with Crippen LogP contribution in [0.15, 0.2) is 24.9 Å². The smallest absolute Gasteiger partial charge is 0.107 e. The van der Waals surface area contributed by atoms with Crippen LogP contribution in [0.5, 0.6) is 0 Å². The molecule has 0 bridgehead atoms. The van der Waals surface area contributed by atoms with E-state index in [9.17, 15) is 0 Å². The highest BCUT2D eigenvalue weighted by molar-refractivity contribution is 5.52. The number of imidazole rings is 1. The van der Waals surface area contributed by atoms with E-state index >= 15 is 0 Å². The number of likely N-dealkylation sites (tertiary alicyclic amines) is 1. The Morgan fingerprint density at radius 3 is 2.82 bits per heavy atom. The van der Waals surface area contributed by atoms with Gasteiger partial charge in [0.1, 0.15) is 5.69 Å². The van der Waals surface area contributed by atoms with Crippen LogP contribution in [0.3, 0.4) is 0 Å². The Kier molecular flexibility index (Phi) is 4.52. The highest BCUT2D eigenvalue weighted by atomic mass is 15.2. The molecule has 0 aliphatic carbocycles. The Bertz CT molecular complexity index is 619. The van der Waals surface area contributed by atoms with Crippen molar-refractivity contribution in [3.8, 4) is 11.4 Å². The predicted molar refractivity (Wildman–Crippen MR) is 87.4 cm³/mol. The summed E-state index contributed by atoms with van der Waals surface area (Å²) in [5, 5.41) is 0. The molecular formula is C17H25N5. The Morgan fingerprint density at radius 1 is 1.23 bits per heavy atom. The van der Waals surface area contributed by atoms with Crippen LogP contribution in [0.2, 0.25) is 0 Å². The summed E-state index contributed by atoms with van der Waals surface area (Å²) >= 11 is 0. The van der Waals surface area contributed by atoms with Gasteiger partial charge < -0.3 is 9.47 Å². The lowest BCUT2D eigenvalue weighted by molar-refractivity contribution is 0.139. The summed E-state index contributed by atoms with van der Waals surface area (Å²) in [7, 11) is 1.98. The normalized spacial score (nSPS) is 19.7. The first kappa shape index (κ1) is 15.2. The number of aryl methyl sites for hydroxylation is 1. The molecule has 1 aliphatic rings. The van der Waals surface area contributed by atoms with Gasteiger partial charge in [-0.3, -0.25) is 4.98 Å². The summed E-state index contributed by atoms with van der Waals surface area (Å²) in [6.45, 7) is 6.97. The minimum atomic E-state index is 0.634. The Morgan fingerprint density at radius 2 is 2.09 bits per heavy atom. The average Bonchev–Trinajstić information content (AvgIpc) is 2.94. The molecule has 5 heteroatoms. The van der Waals surface area contributed by atoms with Gasteiger partial charge in [-0.15, -0.1) is 0 Å². The SMILES string of the molecule is CC(C)N1CCCC(Cc2cncc(-c3cncn3C)n2)C1. The van der Waals surface area contributed by atoms with Gasteiger partial charge in [0.25, 0.3) is 0 Å². The maximum absolute atomic E-state index is 4.80. The molecule has 0 amide bonds. The molecule has 1 fully saturated rings. The molecule has 1 unspecified atom stereocenters. The molecule has 3 rings (SSSR count). The molecule has 1 saturated heterocycles. The summed E-state index contributed by atoms with van der Waals surface area (Å²) < 4.78 is 1.98. The zero-order valence-corrected chi connectivity index (χ0v) is 13.7. The Labute approximate surface area is 132 Å². The van der Waals surface area contributed by atoms with E-state index in [1.807, 2.05) is 30.2 Å². The van der Waals surface area contributed by atoms with Crippen LogP contribution in [-0.2, 0) is 13.5 Å². The number of rotatable bonds is 4. The first-order chi connectivity index (χ1) is 10.6. The van der Waals surface area contributed by atoms with Crippen molar-refractivity contribution in [2.24, 2.45) is 13.0 Å². The van der Waals surface area contributed by atoms with Gasteiger partial charge in [-0.25, -0.2) is 9.97 Å². The molecule has 118 valence electrons. The van der Waals surface area contributed by atoms with E-state index in [0.29, 0.717) is 12.0 Å². The van der Waals surface area contributed by atoms with Crippen LogP contribution in [0, 0.1) is 5.92 Å². The lowest BCUT2D eigenvalue weighted by Gasteiger charge is -2.35. The van der Waals surface area contributed by atoms with Crippen molar-refractivity contribution in [2.75, 3.05) is 13.1 Å². The van der Waals surface area contributed by atoms with Crippen molar-refractivity contribution in [2.45, 2.75) is 39.2 Å². The number of nitrogens with zero attached hydrogens (tertiary/aromatic N) is 5. The quantitative estimate of drug-likeness (QED) is 0.870. The van der Waals surface area contributed by atoms with Crippen LogP contribution in [0.25, 0.3) is 11.4 Å². The fourth-order valence-electron chi connectivity index (χ4n) is 3.26. The van der Waals surface area contributed by atoms with Crippen LogP contribution in [-0.4, -0.2) is 43.6 Å². The van der Waals surface area contributed by atoms with Gasteiger partial charge in [-0.1, -0.05) is 0 Å². The molecule has 22 heavy (non-hydrogen) atoms. The van der Waals surface area contributed by atoms with Crippen molar-refractivity contribution in [3.05, 3.63) is 30.6 Å². The van der Waals surface area contributed by atoms with Crippen molar-refractivity contribution in [1.29, 1.82) is 0 Å². The minimum Gasteiger partial charge on any atom is -0.332 e. The van der Waals surface area contributed by atoms with Crippen LogP contribution in [0.1, 0.15) is 32.4 Å². The fraction of sp³-hybridized carbons (Fsp3) is 0.588. The van der Waals surface area contributed by atoms with Crippen molar-refractivity contribution in [1.82, 2.24) is 24.4 Å². The van der Waals surface area contributed by atoms with Gasteiger partial charge >= 0.3 is 0 Å². The zero-order valence-electron chi connectivity index (χ0n) is 13.7. The second-order valence-corrected chi connectivity index (χ2v) is 6.59. The van der Waals surface area contributed by atoms with Crippen molar-refractivity contribution >= 4 is 0 Å². The molecular weight excluding hydrogens is 274 g/mol. The Hall–Kier alpha value is -1.75. The summed E-state index contributed by atoms with van der Waals surface area (Å²) in [6.07, 6.45) is 11.0. The van der Waals surface area contributed by atoms with Crippen molar-refractivity contribution < 1.29 is 0 Å². The summed E-state index contributed by atoms with van der Waals surface area (Å²) in [5.74, 6) is 0.687. The molecule has 0 N–H and O–H groups in total. The van der Waals surface area contributed by atoms with Gasteiger partial charge in [0, 0.05) is 25.8 Å². The van der Waals surface area contributed by atoms with Gasteiger partial charge in [-0.05, 0) is 45.6 Å². The first-order valence-corrected chi connectivity index (χ1v) is 8.15. The van der Waals surface area contributed by atoms with E-state index in [1.54, 1.807) is 6.33 Å². The number of hydrogen-bond donors (Lipinski definition) is 0. The third-order valence-electron chi connectivity index (χ3n) is 4.54. The third-order valence-corrected chi connectivity index (χ3v) is 4.54. The monoisotopic (exact) mass is 299 g/mol. The van der Waals surface area contributed by atoms with Gasteiger partial charge in [0.05, 0.1) is 30.1 Å². The highest BCUT2D eigenvalue weighted by Crippen LogP contribution is 2.22. The summed E-state index contributed by atoms with van der Waals surface area (Å²) in [5.41, 5.74) is 3.02. The number of hydrogen-bond acceptors (Lipinski definition) is 4. The molecule has 0 saturated carbocycles. The van der Waals surface area contributed by atoms with Gasteiger partial charge in [-0.2, -0.15) is 0 Å². The lowest BCUT2D eigenvalue weighted by atomic mass is 9.93. The molecule has 3 heterocycles. The maximum atomic E-state index is 4.80. The second kappa shape index (κ2) is 6.57. The second-order valence-electron chi connectivity index (χ2n) is 6.59. The summed E-state index contributed by atoms with van der Waals surface area (Å²) in [6, 6.07) is 0.634. The molecule has 1 aliphatic heterocycles. The highest BCUT2D eigenvalue weighted by Gasteiger charge is 2.22. The number of piperidine rings is 1. The van der Waals surface area contributed by atoms with E-state index in [4.69, 9.17) is 4.98 Å². The van der Waals surface area contributed by atoms with Crippen LogP contribution >= 0.6 is 0 Å². The standard InChI is InChI=1S/C17H25N5/c1-13(2)22-6-4-5-14(11-22)7-15-8-18-9-16(20-15)17-10-19-12-21(17)3/h8-10,12-14H,4-7,11H2,1-3H3. The molecule has 5 nitrogen and oxygen atoms in total. The fourth-order valence-corrected chi connectivity index (χ4v) is 3.26. The Balaban J connectivity index is 1.72. The number of aromatic nitrogens is 4. The third kappa shape index (κ3) is 3.35. The van der Waals surface area contributed by atoms with E-state index in [-0.39, 0.29) is 0 Å². The maximum Gasteiger partial charge on any atom is 0.107 e. The predicted octanol–water partition coefficient (Wildman–Crippen LogP) is 2.54.